The fourth-order valence-electron chi connectivity index (χ4n) is 1.52. The molecule has 4 nitrogen and oxygen atoms in total. The molecule has 0 amide bonds. The highest BCUT2D eigenvalue weighted by atomic mass is 19.4. The molecule has 0 aliphatic rings. The molecular weight excluding hydrogens is 249 g/mol. The molecule has 0 fully saturated rings. The molecule has 100 valence electrons. The van der Waals surface area contributed by atoms with Gasteiger partial charge in [0.15, 0.2) is 0 Å². The van der Waals surface area contributed by atoms with Gasteiger partial charge in [0.1, 0.15) is 6.04 Å². The van der Waals surface area contributed by atoms with E-state index in [0.29, 0.717) is 12.0 Å². The van der Waals surface area contributed by atoms with Gasteiger partial charge >= 0.3 is 6.18 Å². The third kappa shape index (κ3) is 4.33. The summed E-state index contributed by atoms with van der Waals surface area (Å²) in [7, 11) is 0. The molecule has 7 heteroatoms. The van der Waals surface area contributed by atoms with Gasteiger partial charge in [0.25, 0.3) is 5.69 Å². The Morgan fingerprint density at radius 2 is 2.06 bits per heavy atom. The Balaban J connectivity index is 2.49. The van der Waals surface area contributed by atoms with Crippen LogP contribution in [0, 0.1) is 10.1 Å². The summed E-state index contributed by atoms with van der Waals surface area (Å²) in [5.41, 5.74) is 5.53. The van der Waals surface area contributed by atoms with Crippen molar-refractivity contribution in [2.75, 3.05) is 0 Å². The van der Waals surface area contributed by atoms with E-state index in [4.69, 9.17) is 5.73 Å². The van der Waals surface area contributed by atoms with Gasteiger partial charge < -0.3 is 5.73 Å². The van der Waals surface area contributed by atoms with Gasteiger partial charge in [-0.1, -0.05) is 12.1 Å². The quantitative estimate of drug-likeness (QED) is 0.655. The fraction of sp³-hybridized carbons (Fsp3) is 0.455. The zero-order valence-electron chi connectivity index (χ0n) is 9.48. The number of aryl methyl sites for hydroxylation is 1. The predicted octanol–water partition coefficient (Wildman–Crippen LogP) is 2.81. The van der Waals surface area contributed by atoms with Gasteiger partial charge in [-0.05, 0) is 24.8 Å². The van der Waals surface area contributed by atoms with Crippen LogP contribution >= 0.6 is 0 Å². The highest BCUT2D eigenvalue weighted by Crippen LogP contribution is 2.22. The summed E-state index contributed by atoms with van der Waals surface area (Å²) in [5.74, 6) is 0. The van der Waals surface area contributed by atoms with E-state index in [-0.39, 0.29) is 18.5 Å². The number of nitro groups is 1. The minimum atomic E-state index is -4.39. The number of hydrogen-bond acceptors (Lipinski definition) is 3. The van der Waals surface area contributed by atoms with Crippen molar-refractivity contribution in [3.8, 4) is 0 Å². The molecular formula is C11H13F3N2O2. The number of benzene rings is 1. The van der Waals surface area contributed by atoms with E-state index >= 15 is 0 Å². The first-order valence-electron chi connectivity index (χ1n) is 5.36. The van der Waals surface area contributed by atoms with E-state index in [2.05, 4.69) is 0 Å². The lowest BCUT2D eigenvalue weighted by Crippen LogP contribution is -2.37. The predicted molar refractivity (Wildman–Crippen MR) is 60.1 cm³/mol. The van der Waals surface area contributed by atoms with Gasteiger partial charge in [-0.25, -0.2) is 0 Å². The van der Waals surface area contributed by atoms with Crippen molar-refractivity contribution in [3.05, 3.63) is 39.9 Å². The van der Waals surface area contributed by atoms with Crippen LogP contribution in [0.15, 0.2) is 24.3 Å². The van der Waals surface area contributed by atoms with E-state index < -0.39 is 17.1 Å². The molecule has 0 aliphatic carbocycles. The Labute approximate surface area is 102 Å². The average molecular weight is 262 g/mol. The van der Waals surface area contributed by atoms with Gasteiger partial charge in [0.2, 0.25) is 0 Å². The Bertz CT molecular complexity index is 421. The van der Waals surface area contributed by atoms with Gasteiger partial charge in [-0.3, -0.25) is 10.1 Å². The lowest BCUT2D eigenvalue weighted by molar-refractivity contribution is -0.384. The minimum absolute atomic E-state index is 0.0624. The van der Waals surface area contributed by atoms with E-state index in [1.165, 1.54) is 18.2 Å². The van der Waals surface area contributed by atoms with Crippen LogP contribution in [0.3, 0.4) is 0 Å². The average Bonchev–Trinajstić information content (AvgIpc) is 2.28. The van der Waals surface area contributed by atoms with Crippen molar-refractivity contribution in [2.45, 2.75) is 31.5 Å². The van der Waals surface area contributed by atoms with Gasteiger partial charge in [-0.15, -0.1) is 0 Å². The van der Waals surface area contributed by atoms with Crippen molar-refractivity contribution in [3.63, 3.8) is 0 Å². The zero-order valence-corrected chi connectivity index (χ0v) is 9.48. The van der Waals surface area contributed by atoms with E-state index in [0.717, 1.165) is 0 Å². The number of nitrogens with zero attached hydrogens (tertiary/aromatic N) is 1. The zero-order chi connectivity index (χ0) is 13.8. The van der Waals surface area contributed by atoms with Crippen molar-refractivity contribution < 1.29 is 18.1 Å². The standard InChI is InChI=1S/C11H13F3N2O2/c12-11(13,14)10(15)6-2-4-8-3-1-5-9(7-8)16(17)18/h1,3,5,7,10H,2,4,6,15H2/t10-/m0/s1. The summed E-state index contributed by atoms with van der Waals surface area (Å²) < 4.78 is 36.4. The van der Waals surface area contributed by atoms with Crippen molar-refractivity contribution >= 4 is 5.69 Å². The summed E-state index contributed by atoms with van der Waals surface area (Å²) in [6.07, 6.45) is -4.00. The molecule has 0 unspecified atom stereocenters. The summed E-state index contributed by atoms with van der Waals surface area (Å²) in [4.78, 5) is 9.97. The highest BCUT2D eigenvalue weighted by molar-refractivity contribution is 5.34. The number of hydrogen-bond donors (Lipinski definition) is 1. The molecule has 0 aliphatic heterocycles. The first-order valence-corrected chi connectivity index (χ1v) is 5.36. The lowest BCUT2D eigenvalue weighted by atomic mass is 10.0. The largest absolute Gasteiger partial charge is 0.403 e. The molecule has 1 aromatic rings. The number of rotatable bonds is 5. The normalized spacial score (nSPS) is 13.3. The summed E-state index contributed by atoms with van der Waals surface area (Å²) in [6.45, 7) is 0. The smallest absolute Gasteiger partial charge is 0.320 e. The molecule has 2 N–H and O–H groups in total. The maximum Gasteiger partial charge on any atom is 0.403 e. The van der Waals surface area contributed by atoms with E-state index in [9.17, 15) is 23.3 Å². The molecule has 18 heavy (non-hydrogen) atoms. The molecule has 0 saturated carbocycles. The summed E-state index contributed by atoms with van der Waals surface area (Å²) in [5, 5.41) is 10.5. The monoisotopic (exact) mass is 262 g/mol. The van der Waals surface area contributed by atoms with Gasteiger partial charge in [0.05, 0.1) is 4.92 Å². The number of nitrogens with two attached hydrogens (primary N) is 1. The van der Waals surface area contributed by atoms with Crippen molar-refractivity contribution in [1.29, 1.82) is 0 Å². The number of halogens is 3. The third-order valence-corrected chi connectivity index (χ3v) is 2.52. The summed E-state index contributed by atoms with van der Waals surface area (Å²) in [6, 6.07) is 4.02. The number of nitro benzene ring substituents is 1. The van der Waals surface area contributed by atoms with Crippen LogP contribution in [0.5, 0.6) is 0 Å². The first kappa shape index (κ1) is 14.4. The Morgan fingerprint density at radius 1 is 1.39 bits per heavy atom. The second-order valence-corrected chi connectivity index (χ2v) is 3.97. The maximum absolute atomic E-state index is 12.1. The molecule has 1 atom stereocenters. The number of alkyl halides is 3. The van der Waals surface area contributed by atoms with Crippen LogP contribution in [0.1, 0.15) is 18.4 Å². The van der Waals surface area contributed by atoms with Crippen LogP contribution in [-0.4, -0.2) is 17.1 Å². The fourth-order valence-corrected chi connectivity index (χ4v) is 1.52. The molecule has 0 radical (unpaired) electrons. The molecule has 0 saturated heterocycles. The third-order valence-electron chi connectivity index (χ3n) is 2.52. The summed E-state index contributed by atoms with van der Waals surface area (Å²) >= 11 is 0. The Hall–Kier alpha value is -1.63. The van der Waals surface area contributed by atoms with E-state index in [1.807, 2.05) is 0 Å². The van der Waals surface area contributed by atoms with Gasteiger partial charge in [0, 0.05) is 12.1 Å². The van der Waals surface area contributed by atoms with Crippen molar-refractivity contribution in [2.24, 2.45) is 5.73 Å². The SMILES string of the molecule is N[C@@H](CCCc1cccc([N+](=O)[O-])c1)C(F)(F)F. The van der Waals surface area contributed by atoms with Crippen LogP contribution in [0.25, 0.3) is 0 Å². The van der Waals surface area contributed by atoms with Crippen LogP contribution in [0.4, 0.5) is 18.9 Å². The molecule has 1 rings (SSSR count). The van der Waals surface area contributed by atoms with Gasteiger partial charge in [-0.2, -0.15) is 13.2 Å². The molecule has 1 aromatic carbocycles. The van der Waals surface area contributed by atoms with Crippen LogP contribution < -0.4 is 5.73 Å². The molecule has 0 aromatic heterocycles. The maximum atomic E-state index is 12.1. The molecule has 0 spiro atoms. The highest BCUT2D eigenvalue weighted by Gasteiger charge is 2.35. The topological polar surface area (TPSA) is 69.2 Å². The number of non-ortho nitro benzene ring substituents is 1. The van der Waals surface area contributed by atoms with E-state index in [1.54, 1.807) is 6.07 Å². The van der Waals surface area contributed by atoms with Crippen molar-refractivity contribution in [1.82, 2.24) is 0 Å². The lowest BCUT2D eigenvalue weighted by Gasteiger charge is -2.14. The molecule has 0 heterocycles. The second-order valence-electron chi connectivity index (χ2n) is 3.97. The van der Waals surface area contributed by atoms with Crippen LogP contribution in [0.2, 0.25) is 0 Å². The van der Waals surface area contributed by atoms with Crippen LogP contribution in [-0.2, 0) is 6.42 Å². The minimum Gasteiger partial charge on any atom is -0.320 e. The first-order chi connectivity index (χ1) is 8.30. The second kappa shape index (κ2) is 5.81. The Morgan fingerprint density at radius 3 is 2.61 bits per heavy atom. The molecule has 0 bridgehead atoms. The Kier molecular flexibility index (Phi) is 4.66.